The molecular weight excluding hydrogens is 558 g/mol. The van der Waals surface area contributed by atoms with Crippen molar-refractivity contribution < 1.29 is 23.7 Å². The lowest BCUT2D eigenvalue weighted by molar-refractivity contribution is -0.0593. The second-order valence-corrected chi connectivity index (χ2v) is 11.4. The lowest BCUT2D eigenvalue weighted by Gasteiger charge is -2.35. The van der Waals surface area contributed by atoms with Crippen LogP contribution in [0, 0.1) is 0 Å². The highest BCUT2D eigenvalue weighted by Gasteiger charge is 2.31. The lowest BCUT2D eigenvalue weighted by Crippen LogP contribution is -2.35. The van der Waals surface area contributed by atoms with Crippen LogP contribution in [0.2, 0.25) is 5.02 Å². The van der Waals surface area contributed by atoms with Gasteiger partial charge < -0.3 is 23.5 Å². The fourth-order valence-electron chi connectivity index (χ4n) is 5.97. The Morgan fingerprint density at radius 3 is 2.69 bits per heavy atom. The molecule has 7 rings (SSSR count). The number of halogens is 1. The molecule has 2 atom stereocenters. The largest absolute Gasteiger partial charge is 0.485 e. The molecule has 4 aromatic rings. The summed E-state index contributed by atoms with van der Waals surface area (Å²) in [6, 6.07) is 13.4. The van der Waals surface area contributed by atoms with Crippen molar-refractivity contribution in [2.75, 3.05) is 33.4 Å². The number of fused-ring (bicyclic) bond motifs is 2. The molecule has 3 aliphatic rings. The van der Waals surface area contributed by atoms with Gasteiger partial charge in [0, 0.05) is 18.4 Å². The van der Waals surface area contributed by atoms with E-state index in [0.717, 1.165) is 67.5 Å². The van der Waals surface area contributed by atoms with Crippen molar-refractivity contribution in [1.29, 1.82) is 0 Å². The van der Waals surface area contributed by atoms with Gasteiger partial charge in [0.25, 0.3) is 0 Å². The molecule has 1 aromatic carbocycles. The molecule has 0 unspecified atom stereocenters. The number of benzene rings is 1. The molecule has 2 fully saturated rings. The minimum absolute atomic E-state index is 0.133. The van der Waals surface area contributed by atoms with Gasteiger partial charge in [0.15, 0.2) is 28.9 Å². The van der Waals surface area contributed by atoms with Gasteiger partial charge in [0.1, 0.15) is 17.9 Å². The van der Waals surface area contributed by atoms with Crippen LogP contribution in [0.5, 0.6) is 11.5 Å². The zero-order valence-corrected chi connectivity index (χ0v) is 24.1. The molecule has 0 spiro atoms. The van der Waals surface area contributed by atoms with E-state index in [9.17, 15) is 4.79 Å². The molecule has 0 radical (unpaired) electrons. The molecule has 0 bridgehead atoms. The molecular formula is C31H32ClN5O5. The zero-order chi connectivity index (χ0) is 28.6. The van der Waals surface area contributed by atoms with Gasteiger partial charge in [-0.3, -0.25) is 9.88 Å². The third-order valence-electron chi connectivity index (χ3n) is 8.38. The topological polar surface area (TPSA) is 101 Å². The predicted octanol–water partition coefficient (Wildman–Crippen LogP) is 4.95. The Morgan fingerprint density at radius 1 is 1.10 bits per heavy atom. The van der Waals surface area contributed by atoms with Crippen LogP contribution in [0.3, 0.4) is 0 Å². The van der Waals surface area contributed by atoms with E-state index in [1.165, 1.54) is 12.7 Å². The smallest absolute Gasteiger partial charge is 0.356 e. The van der Waals surface area contributed by atoms with Gasteiger partial charge in [-0.05, 0) is 68.6 Å². The summed E-state index contributed by atoms with van der Waals surface area (Å²) < 4.78 is 25.3. The van der Waals surface area contributed by atoms with Crippen LogP contribution >= 0.6 is 11.6 Å². The first-order valence-corrected chi connectivity index (χ1v) is 14.8. The summed E-state index contributed by atoms with van der Waals surface area (Å²) in [5, 5.41) is 0.595. The summed E-state index contributed by atoms with van der Waals surface area (Å²) in [6.07, 6.45) is 4.47. The highest BCUT2D eigenvalue weighted by atomic mass is 35.5. The quantitative estimate of drug-likeness (QED) is 0.277. The number of likely N-dealkylation sites (tertiary alicyclic amines) is 1. The van der Waals surface area contributed by atoms with Crippen molar-refractivity contribution in [2.45, 2.75) is 50.5 Å². The van der Waals surface area contributed by atoms with Crippen LogP contribution in [-0.4, -0.2) is 69.9 Å². The first-order chi connectivity index (χ1) is 20.6. The summed E-state index contributed by atoms with van der Waals surface area (Å²) in [7, 11) is 1.36. The van der Waals surface area contributed by atoms with Crippen molar-refractivity contribution in [3.05, 3.63) is 76.5 Å². The molecule has 0 aliphatic carbocycles. The minimum atomic E-state index is -0.457. The van der Waals surface area contributed by atoms with Crippen molar-refractivity contribution in [1.82, 2.24) is 24.4 Å². The average molecular weight is 590 g/mol. The third-order valence-corrected chi connectivity index (χ3v) is 8.60. The summed E-state index contributed by atoms with van der Waals surface area (Å²) >= 11 is 6.04. The fraction of sp³-hybridized carbons (Fsp3) is 0.419. The summed E-state index contributed by atoms with van der Waals surface area (Å²) in [5.41, 5.74) is 3.72. The molecule has 3 aliphatic heterocycles. The number of carbonyl (C=O) groups excluding carboxylic acids is 1. The number of para-hydroxylation sites is 1. The molecule has 10 nitrogen and oxygen atoms in total. The Labute approximate surface area is 248 Å². The van der Waals surface area contributed by atoms with Gasteiger partial charge >= 0.3 is 5.97 Å². The van der Waals surface area contributed by atoms with Crippen LogP contribution < -0.4 is 9.47 Å². The maximum absolute atomic E-state index is 12.1. The van der Waals surface area contributed by atoms with E-state index in [1.54, 1.807) is 12.3 Å². The van der Waals surface area contributed by atoms with Gasteiger partial charge in [-0.1, -0.05) is 23.7 Å². The first kappa shape index (κ1) is 27.1. The van der Waals surface area contributed by atoms with Crippen LogP contribution in [0.25, 0.3) is 11.2 Å². The molecule has 0 amide bonds. The van der Waals surface area contributed by atoms with E-state index in [2.05, 4.69) is 25.5 Å². The number of aromatic nitrogens is 4. The molecule has 2 saturated heterocycles. The predicted molar refractivity (Wildman–Crippen MR) is 155 cm³/mol. The normalized spacial score (nSPS) is 20.8. The van der Waals surface area contributed by atoms with Gasteiger partial charge in [-0.25, -0.2) is 14.8 Å². The van der Waals surface area contributed by atoms with E-state index >= 15 is 0 Å². The molecule has 42 heavy (non-hydrogen) atoms. The van der Waals surface area contributed by atoms with Gasteiger partial charge in [0.05, 0.1) is 37.0 Å². The Kier molecular flexibility index (Phi) is 7.43. The van der Waals surface area contributed by atoms with Crippen molar-refractivity contribution >= 4 is 28.7 Å². The van der Waals surface area contributed by atoms with E-state index in [-0.39, 0.29) is 17.9 Å². The zero-order valence-electron chi connectivity index (χ0n) is 23.4. The van der Waals surface area contributed by atoms with E-state index in [4.69, 9.17) is 35.5 Å². The summed E-state index contributed by atoms with van der Waals surface area (Å²) in [5.74, 6) is 2.43. The maximum Gasteiger partial charge on any atom is 0.356 e. The lowest BCUT2D eigenvalue weighted by atomic mass is 9.88. The first-order valence-electron chi connectivity index (χ1n) is 14.4. The summed E-state index contributed by atoms with van der Waals surface area (Å²) in [6.45, 7) is 4.38. The van der Waals surface area contributed by atoms with Gasteiger partial charge in [-0.15, -0.1) is 0 Å². The third kappa shape index (κ3) is 5.30. The number of carbonyl (C=O) groups is 1. The Balaban J connectivity index is 1.07. The number of hydrogen-bond acceptors (Lipinski definition) is 9. The number of nitrogens with zero attached hydrogens (tertiary/aromatic N) is 5. The monoisotopic (exact) mass is 589 g/mol. The molecule has 6 heterocycles. The highest BCUT2D eigenvalue weighted by Crippen LogP contribution is 2.44. The molecule has 0 N–H and O–H groups in total. The number of hydrogen-bond donors (Lipinski definition) is 0. The number of esters is 1. The average Bonchev–Trinajstić information content (AvgIpc) is 3.34. The van der Waals surface area contributed by atoms with Crippen molar-refractivity contribution in [3.63, 3.8) is 0 Å². The molecule has 0 saturated carbocycles. The SMILES string of the molecule is COC(=O)c1ccc2nc(CN3CCC(c4cccc5c4O[C@H](c4ccc(Cl)cn4)CO5)CC3)n(C[C@@H]3CCO3)c2n1. The van der Waals surface area contributed by atoms with Crippen LogP contribution in [-0.2, 0) is 22.6 Å². The second-order valence-electron chi connectivity index (χ2n) is 11.0. The Hall–Kier alpha value is -3.73. The number of rotatable bonds is 7. The number of piperidine rings is 1. The highest BCUT2D eigenvalue weighted by molar-refractivity contribution is 6.30. The molecule has 3 aromatic heterocycles. The Morgan fingerprint density at radius 2 is 1.95 bits per heavy atom. The van der Waals surface area contributed by atoms with Gasteiger partial charge in [0.2, 0.25) is 0 Å². The van der Waals surface area contributed by atoms with E-state index < -0.39 is 5.97 Å². The van der Waals surface area contributed by atoms with Crippen molar-refractivity contribution in [3.8, 4) is 11.5 Å². The van der Waals surface area contributed by atoms with Crippen molar-refractivity contribution in [2.24, 2.45) is 0 Å². The number of imidazole rings is 1. The number of ether oxygens (including phenoxy) is 4. The minimum Gasteiger partial charge on any atom is -0.485 e. The number of methoxy groups -OCH3 is 1. The maximum atomic E-state index is 12.1. The van der Waals surface area contributed by atoms with E-state index in [0.29, 0.717) is 36.3 Å². The fourth-order valence-corrected chi connectivity index (χ4v) is 6.08. The van der Waals surface area contributed by atoms with Crippen LogP contribution in [0.1, 0.15) is 58.9 Å². The van der Waals surface area contributed by atoms with Gasteiger partial charge in [-0.2, -0.15) is 0 Å². The van der Waals surface area contributed by atoms with Crippen LogP contribution in [0.4, 0.5) is 0 Å². The second kappa shape index (κ2) is 11.5. The molecule has 11 heteroatoms. The summed E-state index contributed by atoms with van der Waals surface area (Å²) in [4.78, 5) is 28.6. The van der Waals surface area contributed by atoms with Crippen LogP contribution in [0.15, 0.2) is 48.7 Å². The van der Waals surface area contributed by atoms with E-state index in [1.807, 2.05) is 30.3 Å². The molecule has 218 valence electrons. The Bertz CT molecular complexity index is 1600. The number of pyridine rings is 2. The standard InChI is InChI=1S/C31H32ClN5O5/c1-39-31(38)25-8-7-24-30(35-25)37(16-21-11-14-40-21)28(34-24)17-36-12-9-19(10-13-36)22-3-2-4-26-29(22)42-27(18-41-26)23-6-5-20(32)15-33-23/h2-8,15,19,21,27H,9-14,16-18H2,1H3/t21-,27-/m0/s1.